The van der Waals surface area contributed by atoms with Crippen molar-refractivity contribution in [1.82, 2.24) is 4.90 Å². The fourth-order valence-electron chi connectivity index (χ4n) is 2.36. The summed E-state index contributed by atoms with van der Waals surface area (Å²) in [7, 11) is 0. The van der Waals surface area contributed by atoms with Crippen molar-refractivity contribution in [2.24, 2.45) is 5.73 Å². The lowest BCUT2D eigenvalue weighted by Gasteiger charge is -2.29. The Bertz CT molecular complexity index is 403. The van der Waals surface area contributed by atoms with Gasteiger partial charge in [0.15, 0.2) is 0 Å². The minimum atomic E-state index is 0.0543. The van der Waals surface area contributed by atoms with Crippen molar-refractivity contribution < 1.29 is 4.79 Å². The SMILES string of the molecule is CC[C@@H](C)N1C(=O)c2ccccc2[C@@H]1CN. The monoisotopic (exact) mass is 218 g/mol. The topological polar surface area (TPSA) is 46.3 Å². The highest BCUT2D eigenvalue weighted by Gasteiger charge is 2.37. The molecular weight excluding hydrogens is 200 g/mol. The maximum absolute atomic E-state index is 12.2. The molecule has 0 saturated heterocycles. The highest BCUT2D eigenvalue weighted by atomic mass is 16.2. The van der Waals surface area contributed by atoms with Crippen molar-refractivity contribution in [2.45, 2.75) is 32.4 Å². The van der Waals surface area contributed by atoms with Crippen LogP contribution in [-0.4, -0.2) is 23.4 Å². The van der Waals surface area contributed by atoms with Crippen LogP contribution in [-0.2, 0) is 0 Å². The van der Waals surface area contributed by atoms with Gasteiger partial charge in [-0.15, -0.1) is 0 Å². The molecule has 1 aliphatic heterocycles. The summed E-state index contributed by atoms with van der Waals surface area (Å²) in [6, 6.07) is 8.07. The molecule has 0 aromatic heterocycles. The van der Waals surface area contributed by atoms with Gasteiger partial charge in [-0.25, -0.2) is 0 Å². The molecule has 1 amide bonds. The van der Waals surface area contributed by atoms with E-state index >= 15 is 0 Å². The first-order chi connectivity index (χ1) is 7.70. The van der Waals surface area contributed by atoms with Gasteiger partial charge in [-0.3, -0.25) is 4.79 Å². The highest BCUT2D eigenvalue weighted by Crippen LogP contribution is 2.34. The lowest BCUT2D eigenvalue weighted by molar-refractivity contribution is 0.0647. The molecule has 1 aromatic rings. The molecular formula is C13H18N2O. The van der Waals surface area contributed by atoms with Crippen molar-refractivity contribution in [2.75, 3.05) is 6.54 Å². The predicted molar refractivity (Wildman–Crippen MR) is 64.2 cm³/mol. The molecule has 1 aromatic carbocycles. The Labute approximate surface area is 96.2 Å². The lowest BCUT2D eigenvalue weighted by atomic mass is 10.0. The summed E-state index contributed by atoms with van der Waals surface area (Å²) in [6.07, 6.45) is 0.955. The van der Waals surface area contributed by atoms with Gasteiger partial charge < -0.3 is 10.6 Å². The van der Waals surface area contributed by atoms with Crippen LogP contribution >= 0.6 is 0 Å². The fourth-order valence-corrected chi connectivity index (χ4v) is 2.36. The van der Waals surface area contributed by atoms with E-state index < -0.39 is 0 Å². The number of carbonyl (C=O) groups is 1. The van der Waals surface area contributed by atoms with E-state index in [9.17, 15) is 4.79 Å². The molecule has 3 heteroatoms. The number of nitrogens with two attached hydrogens (primary N) is 1. The van der Waals surface area contributed by atoms with Crippen LogP contribution in [0.25, 0.3) is 0 Å². The number of rotatable bonds is 3. The van der Waals surface area contributed by atoms with E-state index in [-0.39, 0.29) is 18.0 Å². The lowest BCUT2D eigenvalue weighted by Crippen LogP contribution is -2.38. The zero-order valence-electron chi connectivity index (χ0n) is 9.81. The second kappa shape index (κ2) is 4.26. The highest BCUT2D eigenvalue weighted by molar-refractivity contribution is 5.99. The second-order valence-electron chi connectivity index (χ2n) is 4.31. The number of hydrogen-bond acceptors (Lipinski definition) is 2. The van der Waals surface area contributed by atoms with Gasteiger partial charge in [-0.2, -0.15) is 0 Å². The number of hydrogen-bond donors (Lipinski definition) is 1. The summed E-state index contributed by atoms with van der Waals surface area (Å²) in [5.74, 6) is 0.125. The normalized spacial score (nSPS) is 21.1. The summed E-state index contributed by atoms with van der Waals surface area (Å²) < 4.78 is 0. The van der Waals surface area contributed by atoms with Crippen molar-refractivity contribution >= 4 is 5.91 Å². The van der Waals surface area contributed by atoms with Crippen LogP contribution in [0.3, 0.4) is 0 Å². The number of amides is 1. The van der Waals surface area contributed by atoms with Crippen LogP contribution in [0.2, 0.25) is 0 Å². The second-order valence-corrected chi connectivity index (χ2v) is 4.31. The summed E-state index contributed by atoms with van der Waals surface area (Å²) in [5, 5.41) is 0. The summed E-state index contributed by atoms with van der Waals surface area (Å²) >= 11 is 0. The molecule has 0 radical (unpaired) electrons. The van der Waals surface area contributed by atoms with Crippen LogP contribution in [0.1, 0.15) is 42.2 Å². The number of fused-ring (bicyclic) bond motifs is 1. The third kappa shape index (κ3) is 1.52. The van der Waals surface area contributed by atoms with Crippen LogP contribution in [0.4, 0.5) is 0 Å². The number of nitrogens with zero attached hydrogens (tertiary/aromatic N) is 1. The Hall–Kier alpha value is -1.35. The molecule has 86 valence electrons. The standard InChI is InChI=1S/C13H18N2O/c1-3-9(2)15-12(8-14)10-6-4-5-7-11(10)13(15)16/h4-7,9,12H,3,8,14H2,1-2H3/t9-,12+/m1/s1. The Morgan fingerprint density at radius 2 is 2.12 bits per heavy atom. The molecule has 1 aliphatic rings. The Morgan fingerprint density at radius 3 is 2.75 bits per heavy atom. The van der Waals surface area contributed by atoms with Crippen LogP contribution < -0.4 is 5.73 Å². The van der Waals surface area contributed by atoms with Crippen LogP contribution in [0.5, 0.6) is 0 Å². The largest absolute Gasteiger partial charge is 0.328 e. The molecule has 0 spiro atoms. The van der Waals surface area contributed by atoms with Crippen LogP contribution in [0, 0.1) is 0 Å². The molecule has 0 aliphatic carbocycles. The summed E-state index contributed by atoms with van der Waals surface area (Å²) in [6.45, 7) is 4.66. The van der Waals surface area contributed by atoms with E-state index in [1.165, 1.54) is 0 Å². The van der Waals surface area contributed by atoms with E-state index in [4.69, 9.17) is 5.73 Å². The molecule has 0 bridgehead atoms. The summed E-state index contributed by atoms with van der Waals surface area (Å²) in [5.41, 5.74) is 7.70. The van der Waals surface area contributed by atoms with Crippen LogP contribution in [0.15, 0.2) is 24.3 Å². The maximum Gasteiger partial charge on any atom is 0.255 e. The van der Waals surface area contributed by atoms with Gasteiger partial charge in [0, 0.05) is 18.2 Å². The van der Waals surface area contributed by atoms with E-state index in [0.29, 0.717) is 6.54 Å². The first kappa shape index (κ1) is 11.1. The molecule has 3 nitrogen and oxygen atoms in total. The quantitative estimate of drug-likeness (QED) is 0.842. The van der Waals surface area contributed by atoms with Gasteiger partial charge in [0.05, 0.1) is 6.04 Å². The number of carbonyl (C=O) groups excluding carboxylic acids is 1. The zero-order chi connectivity index (χ0) is 11.7. The van der Waals surface area contributed by atoms with Crippen molar-refractivity contribution in [3.8, 4) is 0 Å². The van der Waals surface area contributed by atoms with E-state index in [0.717, 1.165) is 17.5 Å². The Morgan fingerprint density at radius 1 is 1.44 bits per heavy atom. The first-order valence-electron chi connectivity index (χ1n) is 5.82. The predicted octanol–water partition coefficient (Wildman–Crippen LogP) is 1.94. The zero-order valence-corrected chi connectivity index (χ0v) is 9.81. The third-order valence-electron chi connectivity index (χ3n) is 3.41. The minimum Gasteiger partial charge on any atom is -0.328 e. The minimum absolute atomic E-state index is 0.0543. The van der Waals surface area contributed by atoms with Crippen molar-refractivity contribution in [1.29, 1.82) is 0 Å². The molecule has 0 fully saturated rings. The molecule has 2 rings (SSSR count). The first-order valence-corrected chi connectivity index (χ1v) is 5.82. The van der Waals surface area contributed by atoms with Gasteiger partial charge in [-0.05, 0) is 25.0 Å². The average molecular weight is 218 g/mol. The van der Waals surface area contributed by atoms with Gasteiger partial charge >= 0.3 is 0 Å². The summed E-state index contributed by atoms with van der Waals surface area (Å²) in [4.78, 5) is 14.2. The van der Waals surface area contributed by atoms with E-state index in [2.05, 4.69) is 13.8 Å². The third-order valence-corrected chi connectivity index (χ3v) is 3.41. The van der Waals surface area contributed by atoms with Gasteiger partial charge in [0.2, 0.25) is 0 Å². The fraction of sp³-hybridized carbons (Fsp3) is 0.462. The average Bonchev–Trinajstić information content (AvgIpc) is 2.62. The van der Waals surface area contributed by atoms with Gasteiger partial charge in [0.1, 0.15) is 0 Å². The van der Waals surface area contributed by atoms with E-state index in [1.807, 2.05) is 29.2 Å². The molecule has 0 saturated carbocycles. The van der Waals surface area contributed by atoms with Crippen molar-refractivity contribution in [3.05, 3.63) is 35.4 Å². The van der Waals surface area contributed by atoms with Gasteiger partial charge in [0.25, 0.3) is 5.91 Å². The van der Waals surface area contributed by atoms with E-state index in [1.54, 1.807) is 0 Å². The number of benzene rings is 1. The smallest absolute Gasteiger partial charge is 0.255 e. The molecule has 16 heavy (non-hydrogen) atoms. The molecule has 1 heterocycles. The Kier molecular flexibility index (Phi) is 2.97. The van der Waals surface area contributed by atoms with Crippen molar-refractivity contribution in [3.63, 3.8) is 0 Å². The molecule has 2 N–H and O–H groups in total. The Balaban J connectivity index is 2.43. The van der Waals surface area contributed by atoms with Gasteiger partial charge in [-0.1, -0.05) is 25.1 Å². The molecule has 2 atom stereocenters. The maximum atomic E-state index is 12.2. The molecule has 0 unspecified atom stereocenters.